The van der Waals surface area contributed by atoms with Gasteiger partial charge in [0.25, 0.3) is 0 Å². The van der Waals surface area contributed by atoms with Gasteiger partial charge in [-0.05, 0) is 18.6 Å². The van der Waals surface area contributed by atoms with E-state index in [0.29, 0.717) is 17.7 Å². The van der Waals surface area contributed by atoms with Crippen molar-refractivity contribution in [3.63, 3.8) is 0 Å². The van der Waals surface area contributed by atoms with Crippen molar-refractivity contribution in [3.8, 4) is 0 Å². The highest BCUT2D eigenvalue weighted by molar-refractivity contribution is 7.92. The molecule has 1 aromatic carbocycles. The first-order valence-corrected chi connectivity index (χ1v) is 8.86. The SMILES string of the molecule is CCCNC(=O)CN(c1cccc2cccnc12)S(C)(=O)=O. The minimum Gasteiger partial charge on any atom is -0.355 e. The number of pyridine rings is 1. The number of nitrogens with one attached hydrogen (secondary N) is 1. The summed E-state index contributed by atoms with van der Waals surface area (Å²) >= 11 is 0. The molecule has 0 saturated carbocycles. The normalized spacial score (nSPS) is 11.4. The standard InChI is InChI=1S/C15H19N3O3S/c1-3-9-16-14(19)11-18(22(2,20)21)13-8-4-6-12-7-5-10-17-15(12)13/h4-8,10H,3,9,11H2,1-2H3,(H,16,19). The van der Waals surface area contributed by atoms with Crippen LogP contribution in [0.5, 0.6) is 0 Å². The number of rotatable bonds is 6. The molecule has 1 N–H and O–H groups in total. The van der Waals surface area contributed by atoms with Gasteiger partial charge in [0, 0.05) is 18.1 Å². The minimum atomic E-state index is -3.60. The Balaban J connectivity index is 2.43. The lowest BCUT2D eigenvalue weighted by Crippen LogP contribution is -2.40. The molecule has 0 atom stereocenters. The number of benzene rings is 1. The van der Waals surface area contributed by atoms with Gasteiger partial charge in [0.1, 0.15) is 6.54 Å². The first-order chi connectivity index (χ1) is 10.4. The number of carbonyl (C=O) groups is 1. The van der Waals surface area contributed by atoms with E-state index >= 15 is 0 Å². The molecule has 6 nitrogen and oxygen atoms in total. The van der Waals surface area contributed by atoms with E-state index in [9.17, 15) is 13.2 Å². The van der Waals surface area contributed by atoms with Crippen LogP contribution in [0.15, 0.2) is 36.5 Å². The van der Waals surface area contributed by atoms with Crippen molar-refractivity contribution in [2.75, 3.05) is 23.7 Å². The third-order valence-electron chi connectivity index (χ3n) is 3.14. The van der Waals surface area contributed by atoms with Crippen molar-refractivity contribution in [1.29, 1.82) is 0 Å². The van der Waals surface area contributed by atoms with E-state index in [1.54, 1.807) is 24.4 Å². The van der Waals surface area contributed by atoms with Crippen molar-refractivity contribution < 1.29 is 13.2 Å². The second-order valence-corrected chi connectivity index (χ2v) is 6.88. The van der Waals surface area contributed by atoms with E-state index < -0.39 is 10.0 Å². The summed E-state index contributed by atoms with van der Waals surface area (Å²) in [7, 11) is -3.60. The molecule has 2 rings (SSSR count). The average molecular weight is 321 g/mol. The minimum absolute atomic E-state index is 0.255. The number of hydrogen-bond acceptors (Lipinski definition) is 4. The summed E-state index contributed by atoms with van der Waals surface area (Å²) in [6.45, 7) is 2.20. The molecule has 1 aromatic heterocycles. The fraction of sp³-hybridized carbons (Fsp3) is 0.333. The van der Waals surface area contributed by atoms with Gasteiger partial charge in [0.05, 0.1) is 17.5 Å². The summed E-state index contributed by atoms with van der Waals surface area (Å²) in [5.74, 6) is -0.333. The molecule has 0 unspecified atom stereocenters. The van der Waals surface area contributed by atoms with Crippen LogP contribution in [0.25, 0.3) is 10.9 Å². The van der Waals surface area contributed by atoms with Crippen molar-refractivity contribution >= 4 is 32.5 Å². The van der Waals surface area contributed by atoms with Gasteiger partial charge >= 0.3 is 0 Å². The van der Waals surface area contributed by atoms with Crippen LogP contribution in [0.1, 0.15) is 13.3 Å². The topological polar surface area (TPSA) is 79.4 Å². The Morgan fingerprint density at radius 2 is 2.00 bits per heavy atom. The molecule has 118 valence electrons. The van der Waals surface area contributed by atoms with E-state index in [1.165, 1.54) is 0 Å². The van der Waals surface area contributed by atoms with Crippen LogP contribution in [0, 0.1) is 0 Å². The number of nitrogens with zero attached hydrogens (tertiary/aromatic N) is 2. The average Bonchev–Trinajstić information content (AvgIpc) is 2.49. The molecule has 0 bridgehead atoms. The van der Waals surface area contributed by atoms with E-state index in [0.717, 1.165) is 22.4 Å². The van der Waals surface area contributed by atoms with Gasteiger partial charge in [0.15, 0.2) is 0 Å². The Morgan fingerprint density at radius 3 is 2.68 bits per heavy atom. The van der Waals surface area contributed by atoms with Crippen LogP contribution >= 0.6 is 0 Å². The Kier molecular flexibility index (Phi) is 4.97. The molecule has 1 heterocycles. The van der Waals surface area contributed by atoms with Crippen molar-refractivity contribution in [1.82, 2.24) is 10.3 Å². The molecular formula is C15H19N3O3S. The summed E-state index contributed by atoms with van der Waals surface area (Å²) in [6, 6.07) is 8.89. The zero-order valence-electron chi connectivity index (χ0n) is 12.6. The van der Waals surface area contributed by atoms with Gasteiger partial charge in [-0.15, -0.1) is 0 Å². The lowest BCUT2D eigenvalue weighted by atomic mass is 10.2. The third kappa shape index (κ3) is 3.73. The molecule has 0 spiro atoms. The predicted octanol–water partition coefficient (Wildman–Crippen LogP) is 1.53. The fourth-order valence-electron chi connectivity index (χ4n) is 2.12. The molecule has 1 amide bonds. The number of fused-ring (bicyclic) bond motifs is 1. The Bertz CT molecular complexity index is 769. The largest absolute Gasteiger partial charge is 0.355 e. The number of para-hydroxylation sites is 1. The van der Waals surface area contributed by atoms with Crippen LogP contribution in [-0.4, -0.2) is 38.7 Å². The molecule has 2 aromatic rings. The van der Waals surface area contributed by atoms with Gasteiger partial charge in [-0.1, -0.05) is 25.1 Å². The number of anilines is 1. The van der Waals surface area contributed by atoms with Gasteiger partial charge in [-0.2, -0.15) is 0 Å². The molecule has 0 radical (unpaired) electrons. The van der Waals surface area contributed by atoms with Crippen LogP contribution < -0.4 is 9.62 Å². The van der Waals surface area contributed by atoms with E-state index in [-0.39, 0.29) is 12.5 Å². The van der Waals surface area contributed by atoms with Crippen LogP contribution in [0.2, 0.25) is 0 Å². The number of aromatic nitrogens is 1. The van der Waals surface area contributed by atoms with E-state index in [1.807, 2.05) is 19.1 Å². The van der Waals surface area contributed by atoms with E-state index in [2.05, 4.69) is 10.3 Å². The number of sulfonamides is 1. The molecule has 0 aliphatic carbocycles. The molecule has 0 saturated heterocycles. The van der Waals surface area contributed by atoms with E-state index in [4.69, 9.17) is 0 Å². The highest BCUT2D eigenvalue weighted by Gasteiger charge is 2.22. The first kappa shape index (κ1) is 16.2. The highest BCUT2D eigenvalue weighted by Crippen LogP contribution is 2.26. The Morgan fingerprint density at radius 1 is 1.27 bits per heavy atom. The summed E-state index contributed by atoms with van der Waals surface area (Å²) in [5.41, 5.74) is 0.964. The van der Waals surface area contributed by atoms with Crippen LogP contribution in [0.3, 0.4) is 0 Å². The van der Waals surface area contributed by atoms with Gasteiger partial charge in [0.2, 0.25) is 15.9 Å². The van der Waals surface area contributed by atoms with Crippen molar-refractivity contribution in [2.45, 2.75) is 13.3 Å². The number of carbonyl (C=O) groups excluding carboxylic acids is 1. The molecule has 0 fully saturated rings. The summed E-state index contributed by atoms with van der Waals surface area (Å²) in [4.78, 5) is 16.2. The van der Waals surface area contributed by atoms with Crippen LogP contribution in [0.4, 0.5) is 5.69 Å². The molecule has 7 heteroatoms. The molecule has 0 aliphatic rings. The Hall–Kier alpha value is -2.15. The quantitative estimate of drug-likeness (QED) is 0.875. The predicted molar refractivity (Wildman–Crippen MR) is 87.2 cm³/mol. The Labute approximate surface area is 130 Å². The second-order valence-electron chi connectivity index (χ2n) is 4.97. The van der Waals surface area contributed by atoms with Crippen molar-refractivity contribution in [3.05, 3.63) is 36.5 Å². The fourth-order valence-corrected chi connectivity index (χ4v) is 2.98. The first-order valence-electron chi connectivity index (χ1n) is 7.01. The summed E-state index contributed by atoms with van der Waals surface area (Å²) in [5, 5.41) is 3.51. The maximum absolute atomic E-state index is 12.1. The lowest BCUT2D eigenvalue weighted by Gasteiger charge is -2.22. The zero-order chi connectivity index (χ0) is 16.2. The molecular weight excluding hydrogens is 302 g/mol. The summed E-state index contributed by atoms with van der Waals surface area (Å²) < 4.78 is 25.3. The lowest BCUT2D eigenvalue weighted by molar-refractivity contribution is -0.119. The number of amides is 1. The maximum Gasteiger partial charge on any atom is 0.240 e. The highest BCUT2D eigenvalue weighted by atomic mass is 32.2. The van der Waals surface area contributed by atoms with Crippen LogP contribution in [-0.2, 0) is 14.8 Å². The maximum atomic E-state index is 12.1. The number of hydrogen-bond donors (Lipinski definition) is 1. The monoisotopic (exact) mass is 321 g/mol. The van der Waals surface area contributed by atoms with Gasteiger partial charge in [-0.25, -0.2) is 8.42 Å². The zero-order valence-corrected chi connectivity index (χ0v) is 13.4. The molecule has 22 heavy (non-hydrogen) atoms. The smallest absolute Gasteiger partial charge is 0.240 e. The van der Waals surface area contributed by atoms with Crippen molar-refractivity contribution in [2.24, 2.45) is 0 Å². The van der Waals surface area contributed by atoms with Gasteiger partial charge < -0.3 is 5.32 Å². The molecule has 0 aliphatic heterocycles. The third-order valence-corrected chi connectivity index (χ3v) is 4.27. The summed E-state index contributed by atoms with van der Waals surface area (Å²) in [6.07, 6.45) is 3.48. The second kappa shape index (κ2) is 6.74. The van der Waals surface area contributed by atoms with Gasteiger partial charge in [-0.3, -0.25) is 14.1 Å².